The first-order valence-electron chi connectivity index (χ1n) is 11.8. The number of pyridine rings is 1. The molecule has 2 aromatic rings. The van der Waals surface area contributed by atoms with E-state index in [1.54, 1.807) is 13.8 Å². The van der Waals surface area contributed by atoms with Gasteiger partial charge in [0.15, 0.2) is 5.82 Å². The Kier molecular flexibility index (Phi) is 8.42. The van der Waals surface area contributed by atoms with Gasteiger partial charge in [0.2, 0.25) is 5.91 Å². The first kappa shape index (κ1) is 28.0. The van der Waals surface area contributed by atoms with Crippen LogP contribution in [0.15, 0.2) is 35.5 Å². The molecule has 0 aromatic carbocycles. The van der Waals surface area contributed by atoms with Crippen LogP contribution in [0.5, 0.6) is 0 Å². The van der Waals surface area contributed by atoms with Crippen molar-refractivity contribution >= 4 is 19.3 Å². The fourth-order valence-corrected chi connectivity index (χ4v) is 6.08. The number of nitrogens with one attached hydrogen (secondary N) is 1. The number of amides is 1. The first-order valence-corrected chi connectivity index (χ1v) is 13.4. The maximum absolute atomic E-state index is 13.3. The zero-order valence-electron chi connectivity index (χ0n) is 20.0. The summed E-state index contributed by atoms with van der Waals surface area (Å²) in [7, 11) is -4.59. The van der Waals surface area contributed by atoms with E-state index in [0.717, 1.165) is 42.5 Å². The van der Waals surface area contributed by atoms with Crippen LogP contribution in [0.4, 0.5) is 19.0 Å². The summed E-state index contributed by atoms with van der Waals surface area (Å²) in [5.74, 6) is -0.696. The quantitative estimate of drug-likeness (QED) is 0.403. The number of alkyl halides is 3. The average molecular weight is 530 g/mol. The normalized spacial score (nSPS) is 16.2. The number of carbonyl (C=O) groups is 1. The van der Waals surface area contributed by atoms with Crippen LogP contribution in [0.3, 0.4) is 0 Å². The Morgan fingerprint density at radius 3 is 2.31 bits per heavy atom. The van der Waals surface area contributed by atoms with Crippen molar-refractivity contribution in [2.75, 3.05) is 5.32 Å². The molecule has 3 N–H and O–H groups in total. The Bertz CT molecular complexity index is 1170. The minimum atomic E-state index is -4.69. The molecule has 0 saturated heterocycles. The summed E-state index contributed by atoms with van der Waals surface area (Å²) >= 11 is 0. The van der Waals surface area contributed by atoms with Crippen molar-refractivity contribution in [2.45, 2.75) is 76.2 Å². The van der Waals surface area contributed by atoms with Gasteiger partial charge in [-0.25, -0.2) is 4.98 Å². The van der Waals surface area contributed by atoms with Gasteiger partial charge < -0.3 is 19.7 Å². The standard InChI is InChI=1S/C23H30F3N4O5P/c1-3-22(4-2,36(33,34)35)18-12-28-19(13-27-18)29-21(32)17(11-15-7-5-6-8-15)30-14-16(23(24,25)26)9-10-20(30)31/h9-10,12-15,17H,3-8,11H2,1-2H3,(H,28,29,32)(H2,33,34,35)/t17-/m0/s1. The van der Waals surface area contributed by atoms with Gasteiger partial charge in [-0.3, -0.25) is 19.1 Å². The Morgan fingerprint density at radius 2 is 1.81 bits per heavy atom. The van der Waals surface area contributed by atoms with Crippen LogP contribution >= 0.6 is 7.60 Å². The monoisotopic (exact) mass is 530 g/mol. The maximum Gasteiger partial charge on any atom is 0.417 e. The largest absolute Gasteiger partial charge is 0.417 e. The molecule has 0 unspecified atom stereocenters. The number of rotatable bonds is 9. The van der Waals surface area contributed by atoms with Crippen LogP contribution in [-0.4, -0.2) is 30.2 Å². The van der Waals surface area contributed by atoms with E-state index in [9.17, 15) is 37.1 Å². The first-order chi connectivity index (χ1) is 16.8. The van der Waals surface area contributed by atoms with Crippen LogP contribution in [0.25, 0.3) is 0 Å². The van der Waals surface area contributed by atoms with Gasteiger partial charge in [0.05, 0.1) is 23.7 Å². The molecule has 1 saturated carbocycles. The highest BCUT2D eigenvalue weighted by Crippen LogP contribution is 2.60. The topological polar surface area (TPSA) is 134 Å². The summed E-state index contributed by atoms with van der Waals surface area (Å²) in [4.78, 5) is 53.7. The van der Waals surface area contributed by atoms with Crippen LogP contribution in [0, 0.1) is 5.92 Å². The van der Waals surface area contributed by atoms with Crippen molar-refractivity contribution < 1.29 is 32.3 Å². The van der Waals surface area contributed by atoms with Crippen molar-refractivity contribution in [2.24, 2.45) is 5.92 Å². The molecular weight excluding hydrogens is 500 g/mol. The second-order valence-corrected chi connectivity index (χ2v) is 11.1. The lowest BCUT2D eigenvalue weighted by Gasteiger charge is -2.31. The number of nitrogens with zero attached hydrogens (tertiary/aromatic N) is 3. The molecule has 198 valence electrons. The highest BCUT2D eigenvalue weighted by molar-refractivity contribution is 7.53. The third-order valence-electron chi connectivity index (χ3n) is 7.04. The van der Waals surface area contributed by atoms with E-state index in [0.29, 0.717) is 12.3 Å². The van der Waals surface area contributed by atoms with Gasteiger partial charge in [0.1, 0.15) is 11.2 Å². The molecule has 1 atom stereocenters. The van der Waals surface area contributed by atoms with Crippen molar-refractivity contribution in [1.82, 2.24) is 14.5 Å². The molecule has 9 nitrogen and oxygen atoms in total. The molecule has 1 amide bonds. The number of aromatic nitrogens is 3. The molecule has 2 heterocycles. The third-order valence-corrected chi connectivity index (χ3v) is 9.02. The van der Waals surface area contributed by atoms with E-state index in [1.165, 1.54) is 6.20 Å². The number of carbonyl (C=O) groups excluding carboxylic acids is 1. The van der Waals surface area contributed by atoms with Gasteiger partial charge >= 0.3 is 13.8 Å². The van der Waals surface area contributed by atoms with Gasteiger partial charge in [-0.15, -0.1) is 0 Å². The van der Waals surface area contributed by atoms with Crippen LogP contribution < -0.4 is 10.9 Å². The summed E-state index contributed by atoms with van der Waals surface area (Å²) in [6.45, 7) is 3.25. The number of hydrogen-bond donors (Lipinski definition) is 3. The molecule has 2 aromatic heterocycles. The smallest absolute Gasteiger partial charge is 0.324 e. The average Bonchev–Trinajstić information content (AvgIpc) is 3.32. The van der Waals surface area contributed by atoms with Crippen molar-refractivity contribution in [1.29, 1.82) is 0 Å². The molecule has 13 heteroatoms. The van der Waals surface area contributed by atoms with Crippen molar-refractivity contribution in [3.05, 3.63) is 52.3 Å². The maximum atomic E-state index is 13.3. The second kappa shape index (κ2) is 10.8. The minimum Gasteiger partial charge on any atom is -0.324 e. The lowest BCUT2D eigenvalue weighted by Crippen LogP contribution is -2.35. The molecule has 0 radical (unpaired) electrons. The van der Waals surface area contributed by atoms with E-state index in [4.69, 9.17) is 0 Å². The van der Waals surface area contributed by atoms with E-state index < -0.39 is 42.0 Å². The lowest BCUT2D eigenvalue weighted by molar-refractivity contribution is -0.138. The van der Waals surface area contributed by atoms with Crippen LogP contribution in [0.2, 0.25) is 0 Å². The zero-order valence-corrected chi connectivity index (χ0v) is 20.9. The zero-order chi connectivity index (χ0) is 26.7. The van der Waals surface area contributed by atoms with Gasteiger partial charge in [-0.2, -0.15) is 13.2 Å². The van der Waals surface area contributed by atoms with Crippen LogP contribution in [0.1, 0.15) is 76.1 Å². The molecule has 1 aliphatic carbocycles. The van der Waals surface area contributed by atoms with Crippen molar-refractivity contribution in [3.8, 4) is 0 Å². The predicted molar refractivity (Wildman–Crippen MR) is 126 cm³/mol. The Hall–Kier alpha value is -2.56. The summed E-state index contributed by atoms with van der Waals surface area (Å²) in [5, 5.41) is 0.977. The predicted octanol–water partition coefficient (Wildman–Crippen LogP) is 4.61. The minimum absolute atomic E-state index is 0.0491. The molecular formula is C23H30F3N4O5P. The second-order valence-electron chi connectivity index (χ2n) is 9.12. The third kappa shape index (κ3) is 5.87. The lowest BCUT2D eigenvalue weighted by atomic mass is 9.97. The van der Waals surface area contributed by atoms with Gasteiger partial charge in [-0.1, -0.05) is 39.5 Å². The SMILES string of the molecule is CCC(CC)(c1cnc(NC(=O)[C@H](CC2CCCC2)n2cc(C(F)(F)F)ccc2=O)cn1)P(=O)(O)O. The number of anilines is 1. The highest BCUT2D eigenvalue weighted by atomic mass is 31.2. The molecule has 0 bridgehead atoms. The van der Waals surface area contributed by atoms with Gasteiger partial charge in [0, 0.05) is 12.3 Å². The fraction of sp³-hybridized carbons (Fsp3) is 0.565. The molecule has 1 aliphatic rings. The Labute approximate surface area is 206 Å². The van der Waals surface area contributed by atoms with Crippen molar-refractivity contribution in [3.63, 3.8) is 0 Å². The molecule has 0 spiro atoms. The highest BCUT2D eigenvalue weighted by Gasteiger charge is 2.47. The molecule has 1 fully saturated rings. The van der Waals surface area contributed by atoms with Gasteiger partial charge in [-0.05, 0) is 31.2 Å². The van der Waals surface area contributed by atoms with E-state index in [2.05, 4.69) is 15.3 Å². The molecule has 36 heavy (non-hydrogen) atoms. The number of halogens is 3. The summed E-state index contributed by atoms with van der Waals surface area (Å²) in [5.41, 5.74) is -1.71. The summed E-state index contributed by atoms with van der Waals surface area (Å²) < 4.78 is 52.9. The summed E-state index contributed by atoms with van der Waals surface area (Å²) in [6.07, 6.45) is 2.20. The Balaban J connectivity index is 1.92. The molecule has 0 aliphatic heterocycles. The van der Waals surface area contributed by atoms with Crippen LogP contribution in [-0.2, 0) is 20.7 Å². The Morgan fingerprint density at radius 1 is 1.17 bits per heavy atom. The number of hydrogen-bond acceptors (Lipinski definition) is 5. The van der Waals surface area contributed by atoms with E-state index >= 15 is 0 Å². The van der Waals surface area contributed by atoms with E-state index in [-0.39, 0.29) is 36.7 Å². The summed E-state index contributed by atoms with van der Waals surface area (Å²) in [6, 6.07) is 0.274. The van der Waals surface area contributed by atoms with E-state index in [1.807, 2.05) is 0 Å². The fourth-order valence-electron chi connectivity index (χ4n) is 4.84. The van der Waals surface area contributed by atoms with Gasteiger partial charge in [0.25, 0.3) is 5.56 Å². The molecule has 3 rings (SSSR count).